The molecular formula is C16H18FN3O3. The number of hydrogen-bond acceptors (Lipinski definition) is 4. The summed E-state index contributed by atoms with van der Waals surface area (Å²) >= 11 is 0. The number of nitrogens with two attached hydrogens (primary N) is 1. The number of amides is 1. The van der Waals surface area contributed by atoms with Crippen LogP contribution >= 0.6 is 0 Å². The third-order valence-electron chi connectivity index (χ3n) is 3.13. The average Bonchev–Trinajstić information content (AvgIpc) is 2.52. The molecular weight excluding hydrogens is 301 g/mol. The van der Waals surface area contributed by atoms with Crippen LogP contribution < -0.4 is 21.1 Å². The minimum absolute atomic E-state index is 0.207. The highest BCUT2D eigenvalue weighted by Crippen LogP contribution is 2.36. The molecule has 0 heterocycles. The van der Waals surface area contributed by atoms with Gasteiger partial charge < -0.3 is 20.9 Å². The Labute approximate surface area is 133 Å². The van der Waals surface area contributed by atoms with E-state index in [1.54, 1.807) is 24.3 Å². The molecule has 0 unspecified atom stereocenters. The normalized spacial score (nSPS) is 10.2. The van der Waals surface area contributed by atoms with E-state index in [0.29, 0.717) is 24.6 Å². The van der Waals surface area contributed by atoms with E-state index in [2.05, 4.69) is 10.6 Å². The van der Waals surface area contributed by atoms with Crippen molar-refractivity contribution in [3.63, 3.8) is 0 Å². The zero-order chi connectivity index (χ0) is 16.8. The SMILES string of the molecule is CCOc1ccc(NCc2ccc(F)cc2)c(NC(=O)O)c1N. The van der Waals surface area contributed by atoms with Gasteiger partial charge in [0.1, 0.15) is 17.3 Å². The van der Waals surface area contributed by atoms with Crippen LogP contribution in [-0.4, -0.2) is 17.8 Å². The standard InChI is InChI=1S/C16H18FN3O3/c1-2-23-13-8-7-12(15(14(13)18)20-16(21)22)19-9-10-3-5-11(17)6-4-10/h3-8,19-20H,2,9,18H2,1H3,(H,21,22). The summed E-state index contributed by atoms with van der Waals surface area (Å²) < 4.78 is 18.3. The molecule has 2 aromatic rings. The summed E-state index contributed by atoms with van der Waals surface area (Å²) in [6, 6.07) is 9.35. The number of halogens is 1. The zero-order valence-electron chi connectivity index (χ0n) is 12.6. The van der Waals surface area contributed by atoms with Crippen LogP contribution in [-0.2, 0) is 6.54 Å². The Balaban J connectivity index is 2.23. The Kier molecular flexibility index (Phi) is 5.24. The molecule has 0 fully saturated rings. The maximum atomic E-state index is 12.9. The van der Waals surface area contributed by atoms with Gasteiger partial charge in [-0.1, -0.05) is 12.1 Å². The topological polar surface area (TPSA) is 96.6 Å². The number of benzene rings is 2. The van der Waals surface area contributed by atoms with Gasteiger partial charge in [-0.15, -0.1) is 0 Å². The van der Waals surface area contributed by atoms with E-state index in [-0.39, 0.29) is 17.2 Å². The molecule has 0 bridgehead atoms. The van der Waals surface area contributed by atoms with Crippen LogP contribution in [0, 0.1) is 5.82 Å². The fourth-order valence-corrected chi connectivity index (χ4v) is 2.07. The van der Waals surface area contributed by atoms with Gasteiger partial charge in [0, 0.05) is 6.54 Å². The lowest BCUT2D eigenvalue weighted by molar-refractivity contribution is 0.210. The van der Waals surface area contributed by atoms with Gasteiger partial charge in [-0.25, -0.2) is 9.18 Å². The first kappa shape index (κ1) is 16.4. The summed E-state index contributed by atoms with van der Waals surface area (Å²) in [6.45, 7) is 2.62. The van der Waals surface area contributed by atoms with Gasteiger partial charge in [0.2, 0.25) is 0 Å². The lowest BCUT2D eigenvalue weighted by Gasteiger charge is -2.17. The first-order valence-corrected chi connectivity index (χ1v) is 7.04. The first-order valence-electron chi connectivity index (χ1n) is 7.04. The number of anilines is 3. The lowest BCUT2D eigenvalue weighted by atomic mass is 10.2. The van der Waals surface area contributed by atoms with E-state index in [0.717, 1.165) is 5.56 Å². The summed E-state index contributed by atoms with van der Waals surface area (Å²) in [5.74, 6) is 0.0934. The van der Waals surface area contributed by atoms with Crippen molar-refractivity contribution in [2.75, 3.05) is 23.0 Å². The summed E-state index contributed by atoms with van der Waals surface area (Å²) in [4.78, 5) is 11.0. The van der Waals surface area contributed by atoms with Crippen molar-refractivity contribution < 1.29 is 19.0 Å². The maximum Gasteiger partial charge on any atom is 0.409 e. The van der Waals surface area contributed by atoms with E-state index < -0.39 is 6.09 Å². The summed E-state index contributed by atoms with van der Waals surface area (Å²) in [7, 11) is 0. The largest absolute Gasteiger partial charge is 0.492 e. The van der Waals surface area contributed by atoms with Crippen molar-refractivity contribution in [1.82, 2.24) is 0 Å². The third kappa shape index (κ3) is 4.26. The van der Waals surface area contributed by atoms with E-state index in [9.17, 15) is 9.18 Å². The Morgan fingerprint density at radius 1 is 1.26 bits per heavy atom. The molecule has 0 spiro atoms. The number of nitrogens with one attached hydrogen (secondary N) is 2. The smallest absolute Gasteiger partial charge is 0.409 e. The van der Waals surface area contributed by atoms with Crippen molar-refractivity contribution in [3.8, 4) is 5.75 Å². The van der Waals surface area contributed by atoms with Crippen molar-refractivity contribution >= 4 is 23.2 Å². The first-order chi connectivity index (χ1) is 11.0. The van der Waals surface area contributed by atoms with Gasteiger partial charge in [-0.05, 0) is 36.8 Å². The second kappa shape index (κ2) is 7.35. The van der Waals surface area contributed by atoms with Crippen LogP contribution in [0.4, 0.5) is 26.2 Å². The molecule has 0 radical (unpaired) electrons. The molecule has 2 rings (SSSR count). The number of carboxylic acid groups (broad SMARTS) is 1. The van der Waals surface area contributed by atoms with E-state index in [4.69, 9.17) is 15.6 Å². The molecule has 0 aliphatic rings. The van der Waals surface area contributed by atoms with E-state index >= 15 is 0 Å². The Morgan fingerprint density at radius 2 is 1.96 bits per heavy atom. The summed E-state index contributed by atoms with van der Waals surface area (Å²) in [5.41, 5.74) is 7.76. The fourth-order valence-electron chi connectivity index (χ4n) is 2.07. The molecule has 0 atom stereocenters. The summed E-state index contributed by atoms with van der Waals surface area (Å²) in [6.07, 6.45) is -1.23. The van der Waals surface area contributed by atoms with Crippen LogP contribution in [0.25, 0.3) is 0 Å². The van der Waals surface area contributed by atoms with Crippen LogP contribution in [0.15, 0.2) is 36.4 Å². The Hall–Kier alpha value is -2.96. The van der Waals surface area contributed by atoms with Gasteiger partial charge in [-0.3, -0.25) is 5.32 Å². The van der Waals surface area contributed by atoms with Gasteiger partial charge in [0.25, 0.3) is 0 Å². The lowest BCUT2D eigenvalue weighted by Crippen LogP contribution is -2.13. The monoisotopic (exact) mass is 319 g/mol. The third-order valence-corrected chi connectivity index (χ3v) is 3.13. The number of rotatable bonds is 6. The molecule has 122 valence electrons. The molecule has 2 aromatic carbocycles. The van der Waals surface area contributed by atoms with Gasteiger partial charge in [-0.2, -0.15) is 0 Å². The Morgan fingerprint density at radius 3 is 2.57 bits per heavy atom. The van der Waals surface area contributed by atoms with Gasteiger partial charge in [0.05, 0.1) is 18.0 Å². The fraction of sp³-hybridized carbons (Fsp3) is 0.188. The quantitative estimate of drug-likeness (QED) is 0.611. The van der Waals surface area contributed by atoms with E-state index in [1.165, 1.54) is 12.1 Å². The number of ether oxygens (including phenoxy) is 1. The predicted octanol–water partition coefficient (Wildman–Crippen LogP) is 3.51. The van der Waals surface area contributed by atoms with E-state index in [1.807, 2.05) is 6.92 Å². The molecule has 5 N–H and O–H groups in total. The van der Waals surface area contributed by atoms with Gasteiger partial charge >= 0.3 is 6.09 Å². The number of hydrogen-bond donors (Lipinski definition) is 4. The van der Waals surface area contributed by atoms with Gasteiger partial charge in [0.15, 0.2) is 0 Å². The molecule has 0 aliphatic carbocycles. The van der Waals surface area contributed by atoms with Crippen molar-refractivity contribution in [2.45, 2.75) is 13.5 Å². The molecule has 0 aromatic heterocycles. The minimum Gasteiger partial charge on any atom is -0.492 e. The summed E-state index contributed by atoms with van der Waals surface area (Å²) in [5, 5.41) is 14.3. The zero-order valence-corrected chi connectivity index (χ0v) is 12.6. The molecule has 0 saturated heterocycles. The van der Waals surface area contributed by atoms with Crippen LogP contribution in [0.2, 0.25) is 0 Å². The highest BCUT2D eigenvalue weighted by Gasteiger charge is 2.14. The number of carbonyl (C=O) groups is 1. The predicted molar refractivity (Wildman–Crippen MR) is 87.4 cm³/mol. The average molecular weight is 319 g/mol. The highest BCUT2D eigenvalue weighted by atomic mass is 19.1. The van der Waals surface area contributed by atoms with Crippen molar-refractivity contribution in [1.29, 1.82) is 0 Å². The van der Waals surface area contributed by atoms with Crippen LogP contribution in [0.3, 0.4) is 0 Å². The maximum absolute atomic E-state index is 12.9. The number of nitrogen functional groups attached to an aromatic ring is 1. The molecule has 7 heteroatoms. The van der Waals surface area contributed by atoms with Crippen LogP contribution in [0.5, 0.6) is 5.75 Å². The van der Waals surface area contributed by atoms with Crippen molar-refractivity contribution in [3.05, 3.63) is 47.8 Å². The highest BCUT2D eigenvalue weighted by molar-refractivity contribution is 5.96. The minimum atomic E-state index is -1.23. The molecule has 0 saturated carbocycles. The Bertz CT molecular complexity index is 690. The molecule has 23 heavy (non-hydrogen) atoms. The molecule has 6 nitrogen and oxygen atoms in total. The van der Waals surface area contributed by atoms with Crippen molar-refractivity contribution in [2.24, 2.45) is 0 Å². The van der Waals surface area contributed by atoms with Crippen LogP contribution in [0.1, 0.15) is 12.5 Å². The second-order valence-electron chi connectivity index (χ2n) is 4.74. The second-order valence-corrected chi connectivity index (χ2v) is 4.74. The molecule has 0 aliphatic heterocycles. The molecule has 1 amide bonds.